The number of aromatic carboxylic acids is 1. The van der Waals surface area contributed by atoms with Crippen molar-refractivity contribution in [1.82, 2.24) is 4.57 Å². The number of aromatic nitrogens is 1. The van der Waals surface area contributed by atoms with E-state index in [-0.39, 0.29) is 5.56 Å². The molecule has 0 bridgehead atoms. The van der Waals surface area contributed by atoms with Gasteiger partial charge in [-0.05, 0) is 54.5 Å². The number of rotatable bonds is 4. The summed E-state index contributed by atoms with van der Waals surface area (Å²) in [6.07, 6.45) is 0.686. The lowest BCUT2D eigenvalue weighted by Crippen LogP contribution is -2.27. The number of carboxylic acid groups (broad SMARTS) is 1. The highest BCUT2D eigenvalue weighted by atomic mass is 16.4. The Morgan fingerprint density at radius 3 is 2.38 bits per heavy atom. The normalized spacial score (nSPS) is 10.9. The van der Waals surface area contributed by atoms with E-state index in [0.717, 1.165) is 10.9 Å². The molecule has 1 N–H and O–H groups in total. The average Bonchev–Trinajstić information content (AvgIpc) is 2.55. The van der Waals surface area contributed by atoms with Gasteiger partial charge >= 0.3 is 5.97 Å². The number of para-hydroxylation sites is 1. The smallest absolute Gasteiger partial charge is 0.341 e. The average molecular weight is 321 g/mol. The Kier molecular flexibility index (Phi) is 4.21. The molecule has 0 saturated heterocycles. The second-order valence-electron chi connectivity index (χ2n) is 6.00. The zero-order valence-corrected chi connectivity index (χ0v) is 13.7. The van der Waals surface area contributed by atoms with Crippen LogP contribution in [0.4, 0.5) is 0 Å². The van der Waals surface area contributed by atoms with Crippen LogP contribution in [0.5, 0.6) is 0 Å². The zero-order valence-electron chi connectivity index (χ0n) is 13.7. The molecule has 24 heavy (non-hydrogen) atoms. The van der Waals surface area contributed by atoms with Gasteiger partial charge in [0.25, 0.3) is 5.56 Å². The van der Waals surface area contributed by atoms with Crippen LogP contribution in [0.1, 0.15) is 27.0 Å². The number of benzene rings is 2. The molecule has 0 unspecified atom stereocenters. The van der Waals surface area contributed by atoms with Crippen LogP contribution in [0.3, 0.4) is 0 Å². The van der Waals surface area contributed by atoms with Gasteiger partial charge in [-0.25, -0.2) is 4.79 Å². The molecule has 0 radical (unpaired) electrons. The Morgan fingerprint density at radius 2 is 1.71 bits per heavy atom. The van der Waals surface area contributed by atoms with Crippen molar-refractivity contribution in [1.29, 1.82) is 0 Å². The third-order valence-electron chi connectivity index (χ3n) is 4.46. The number of pyridine rings is 1. The summed E-state index contributed by atoms with van der Waals surface area (Å²) in [7, 11) is 0. The first-order valence-corrected chi connectivity index (χ1v) is 7.90. The van der Waals surface area contributed by atoms with Gasteiger partial charge < -0.3 is 9.67 Å². The highest BCUT2D eigenvalue weighted by molar-refractivity contribution is 5.92. The van der Waals surface area contributed by atoms with Crippen molar-refractivity contribution in [3.8, 4) is 0 Å². The Balaban J connectivity index is 2.10. The van der Waals surface area contributed by atoms with Crippen LogP contribution in [0.15, 0.2) is 53.3 Å². The van der Waals surface area contributed by atoms with E-state index in [1.807, 2.05) is 30.3 Å². The van der Waals surface area contributed by atoms with Gasteiger partial charge in [-0.3, -0.25) is 4.79 Å². The van der Waals surface area contributed by atoms with Crippen molar-refractivity contribution >= 4 is 16.9 Å². The van der Waals surface area contributed by atoms with E-state index in [0.29, 0.717) is 13.0 Å². The maximum Gasteiger partial charge on any atom is 0.341 e. The van der Waals surface area contributed by atoms with Gasteiger partial charge in [0.15, 0.2) is 0 Å². The Labute approximate surface area is 140 Å². The minimum Gasteiger partial charge on any atom is -0.477 e. The summed E-state index contributed by atoms with van der Waals surface area (Å²) < 4.78 is 1.57. The minimum atomic E-state index is -1.19. The van der Waals surface area contributed by atoms with Crippen molar-refractivity contribution in [2.24, 2.45) is 0 Å². The molecule has 0 fully saturated rings. The van der Waals surface area contributed by atoms with Crippen molar-refractivity contribution in [3.63, 3.8) is 0 Å². The molecule has 0 aliphatic rings. The van der Waals surface area contributed by atoms with E-state index in [4.69, 9.17) is 0 Å². The summed E-state index contributed by atoms with van der Waals surface area (Å²) in [5.74, 6) is -1.19. The molecule has 4 nitrogen and oxygen atoms in total. The minimum absolute atomic E-state index is 0.185. The third kappa shape index (κ3) is 2.83. The second kappa shape index (κ2) is 6.32. The molecule has 4 heteroatoms. The summed E-state index contributed by atoms with van der Waals surface area (Å²) in [5, 5.41) is 10.1. The second-order valence-corrected chi connectivity index (χ2v) is 6.00. The fraction of sp³-hybridized carbons (Fsp3) is 0.200. The monoisotopic (exact) mass is 321 g/mol. The van der Waals surface area contributed by atoms with Crippen LogP contribution in [-0.4, -0.2) is 15.6 Å². The highest BCUT2D eigenvalue weighted by Crippen LogP contribution is 2.17. The number of hydrogen-bond acceptors (Lipinski definition) is 2. The quantitative estimate of drug-likeness (QED) is 0.799. The number of carboxylic acids is 1. The number of carbonyl (C=O) groups is 1. The molecule has 122 valence electrons. The number of nitrogens with zero attached hydrogens (tertiary/aromatic N) is 1. The van der Waals surface area contributed by atoms with Gasteiger partial charge in [-0.2, -0.15) is 0 Å². The van der Waals surface area contributed by atoms with Gasteiger partial charge in [0.1, 0.15) is 5.56 Å². The topological polar surface area (TPSA) is 59.3 Å². The summed E-state index contributed by atoms with van der Waals surface area (Å²) in [4.78, 5) is 24.0. The van der Waals surface area contributed by atoms with Crippen LogP contribution < -0.4 is 5.56 Å². The number of hydrogen-bond donors (Lipinski definition) is 1. The molecular formula is C20H19NO3. The summed E-state index contributed by atoms with van der Waals surface area (Å²) >= 11 is 0. The number of fused-ring (bicyclic) bond motifs is 1. The molecule has 0 spiro atoms. The molecule has 0 aliphatic carbocycles. The summed E-state index contributed by atoms with van der Waals surface area (Å²) in [6, 6.07) is 15.0. The first-order chi connectivity index (χ1) is 11.5. The SMILES string of the molecule is Cc1cccc(C)c1CCn1c(=O)c(C(=O)O)cc2ccccc21. The van der Waals surface area contributed by atoms with Gasteiger partial charge in [0.2, 0.25) is 0 Å². The number of aryl methyl sites for hydroxylation is 3. The van der Waals surface area contributed by atoms with Gasteiger partial charge in [-0.15, -0.1) is 0 Å². The molecule has 1 heterocycles. The van der Waals surface area contributed by atoms with Gasteiger partial charge in [-0.1, -0.05) is 36.4 Å². The summed E-state index contributed by atoms with van der Waals surface area (Å²) in [6.45, 7) is 4.56. The predicted molar refractivity (Wildman–Crippen MR) is 94.8 cm³/mol. The van der Waals surface area contributed by atoms with E-state index >= 15 is 0 Å². The van der Waals surface area contributed by atoms with Crippen LogP contribution >= 0.6 is 0 Å². The van der Waals surface area contributed by atoms with E-state index in [1.165, 1.54) is 22.8 Å². The molecule has 0 saturated carbocycles. The van der Waals surface area contributed by atoms with Crippen molar-refractivity contribution in [2.75, 3.05) is 0 Å². The molecule has 0 aliphatic heterocycles. The van der Waals surface area contributed by atoms with Crippen molar-refractivity contribution in [3.05, 3.63) is 81.1 Å². The first-order valence-electron chi connectivity index (χ1n) is 7.90. The fourth-order valence-electron chi connectivity index (χ4n) is 3.17. The Hall–Kier alpha value is -2.88. The third-order valence-corrected chi connectivity index (χ3v) is 4.46. The highest BCUT2D eigenvalue weighted by Gasteiger charge is 2.15. The van der Waals surface area contributed by atoms with E-state index in [1.54, 1.807) is 4.57 Å². The van der Waals surface area contributed by atoms with Gasteiger partial charge in [0.05, 0.1) is 5.52 Å². The molecule has 2 aromatic carbocycles. The molecule has 3 rings (SSSR count). The Bertz CT molecular complexity index is 966. The van der Waals surface area contributed by atoms with E-state index in [2.05, 4.69) is 26.0 Å². The Morgan fingerprint density at radius 1 is 1.04 bits per heavy atom. The summed E-state index contributed by atoms with van der Waals surface area (Å²) in [5.41, 5.74) is 3.69. The van der Waals surface area contributed by atoms with E-state index < -0.39 is 11.5 Å². The molecule has 0 amide bonds. The van der Waals surface area contributed by atoms with E-state index in [9.17, 15) is 14.7 Å². The predicted octanol–water partition coefficient (Wildman–Crippen LogP) is 3.56. The molecule has 3 aromatic rings. The van der Waals surface area contributed by atoms with Crippen molar-refractivity contribution < 1.29 is 9.90 Å². The fourth-order valence-corrected chi connectivity index (χ4v) is 3.17. The molecule has 1 aromatic heterocycles. The molecule has 0 atom stereocenters. The first kappa shape index (κ1) is 16.0. The van der Waals surface area contributed by atoms with Crippen LogP contribution in [0, 0.1) is 13.8 Å². The molecular weight excluding hydrogens is 302 g/mol. The van der Waals surface area contributed by atoms with Gasteiger partial charge in [0, 0.05) is 6.54 Å². The lowest BCUT2D eigenvalue weighted by atomic mass is 10.00. The van der Waals surface area contributed by atoms with Crippen molar-refractivity contribution in [2.45, 2.75) is 26.8 Å². The van der Waals surface area contributed by atoms with Crippen LogP contribution in [0.2, 0.25) is 0 Å². The lowest BCUT2D eigenvalue weighted by Gasteiger charge is -2.14. The zero-order chi connectivity index (χ0) is 17.3. The van der Waals surface area contributed by atoms with Crippen LogP contribution in [-0.2, 0) is 13.0 Å². The standard InChI is InChI=1S/C20H19NO3/c1-13-6-5-7-14(2)16(13)10-11-21-18-9-4-3-8-15(18)12-17(19(21)22)20(23)24/h3-9,12H,10-11H2,1-2H3,(H,23,24). The maximum absolute atomic E-state index is 12.6. The largest absolute Gasteiger partial charge is 0.477 e. The van der Waals surface area contributed by atoms with Crippen LogP contribution in [0.25, 0.3) is 10.9 Å². The maximum atomic E-state index is 12.6. The lowest BCUT2D eigenvalue weighted by molar-refractivity contribution is 0.0694.